The molecule has 1 saturated carbocycles. The molecule has 8 heteroatoms. The molecule has 0 aromatic heterocycles. The van der Waals surface area contributed by atoms with Gasteiger partial charge in [0.05, 0.1) is 11.8 Å². The van der Waals surface area contributed by atoms with E-state index in [1.165, 1.54) is 12.1 Å². The van der Waals surface area contributed by atoms with Crippen molar-refractivity contribution in [1.82, 2.24) is 0 Å². The van der Waals surface area contributed by atoms with Crippen molar-refractivity contribution < 1.29 is 24.5 Å². The molecule has 3 atom stereocenters. The molecule has 0 heterocycles. The fourth-order valence-corrected chi connectivity index (χ4v) is 3.35. The monoisotopic (exact) mass is 345 g/mol. The van der Waals surface area contributed by atoms with Crippen LogP contribution in [0.15, 0.2) is 46.0 Å². The lowest BCUT2D eigenvalue weighted by molar-refractivity contribution is -0.121. The molecule has 3 N–H and O–H groups in total. The number of carbonyl (C=O) groups excluding carboxylic acids is 2. The number of azo groups is 1. The summed E-state index contributed by atoms with van der Waals surface area (Å²) in [6.45, 7) is 0. The highest BCUT2D eigenvalue weighted by molar-refractivity contribution is 6.00. The van der Waals surface area contributed by atoms with Crippen LogP contribution in [0.25, 0.3) is 0 Å². The average molecular weight is 345 g/mol. The highest BCUT2D eigenvalue weighted by atomic mass is 16.5. The van der Waals surface area contributed by atoms with Gasteiger partial charge in [-0.3, -0.25) is 4.79 Å². The van der Waals surface area contributed by atoms with E-state index >= 15 is 0 Å². The number of phenolic OH excluding ortho intramolecular Hbond substituents is 1. The van der Waals surface area contributed by atoms with Crippen LogP contribution in [0.3, 0.4) is 0 Å². The number of aliphatic hydroxyl groups is 1. The first-order chi connectivity index (χ1) is 12.0. The lowest BCUT2D eigenvalue weighted by Gasteiger charge is -2.29. The predicted octanol–water partition coefficient (Wildman–Crippen LogP) is 3.16. The molecule has 2 aliphatic rings. The maximum absolute atomic E-state index is 12.4. The molecule has 0 radical (unpaired) electrons. The summed E-state index contributed by atoms with van der Waals surface area (Å²) in [6, 6.07) is 5.32. The zero-order valence-corrected chi connectivity index (χ0v) is 13.7. The lowest BCUT2D eigenvalue weighted by Crippen LogP contribution is -2.30. The number of methoxy groups -OCH3 is 1. The van der Waals surface area contributed by atoms with Gasteiger partial charge in [-0.15, -0.1) is 5.11 Å². The number of fused-ring (bicyclic) bond motifs is 1. The van der Waals surface area contributed by atoms with Crippen LogP contribution in [-0.2, 0) is 9.53 Å². The Bertz CT molecular complexity index is 758. The summed E-state index contributed by atoms with van der Waals surface area (Å²) < 4.78 is 5.31. The number of hydrogen-bond acceptors (Lipinski definition) is 6. The molecule has 0 aliphatic heterocycles. The summed E-state index contributed by atoms with van der Waals surface area (Å²) >= 11 is 0. The van der Waals surface area contributed by atoms with Gasteiger partial charge >= 0.3 is 6.03 Å². The van der Waals surface area contributed by atoms with Crippen LogP contribution < -0.4 is 5.32 Å². The Hall–Kier alpha value is -2.74. The Kier molecular flexibility index (Phi) is 4.80. The standard InChI is InChI=1S/C17H19N3O5/c1-25-9-6-7-10-11(8-9)16(23)14(15(10)22)19-20-17(24)18-12-4-2-3-5-13(12)21/h2-5,9-11,21,23H,6-8H2,1H3,(H,18,24). The van der Waals surface area contributed by atoms with Gasteiger partial charge in [-0.2, -0.15) is 0 Å². The third kappa shape index (κ3) is 3.39. The van der Waals surface area contributed by atoms with Gasteiger partial charge in [-0.1, -0.05) is 17.2 Å². The van der Waals surface area contributed by atoms with E-state index in [-0.39, 0.29) is 46.6 Å². The molecule has 1 aromatic rings. The van der Waals surface area contributed by atoms with E-state index in [4.69, 9.17) is 4.74 Å². The maximum Gasteiger partial charge on any atom is 0.364 e. The normalized spacial score (nSPS) is 26.1. The number of anilines is 1. The Morgan fingerprint density at radius 2 is 2.00 bits per heavy atom. The number of phenols is 1. The highest BCUT2D eigenvalue weighted by Gasteiger charge is 2.46. The SMILES string of the molecule is COC1CCC2C(=O)C(N=NC(=O)Nc3ccccc3O)=C(O)C2C1. The number of ether oxygens (including phenoxy) is 1. The Balaban J connectivity index is 1.72. The minimum absolute atomic E-state index is 0.00292. The van der Waals surface area contributed by atoms with Crippen molar-refractivity contribution in [3.05, 3.63) is 35.7 Å². The van der Waals surface area contributed by atoms with Crippen LogP contribution in [-0.4, -0.2) is 35.2 Å². The number of carbonyl (C=O) groups is 2. The van der Waals surface area contributed by atoms with E-state index in [2.05, 4.69) is 15.5 Å². The first-order valence-electron chi connectivity index (χ1n) is 8.02. The third-order valence-corrected chi connectivity index (χ3v) is 4.69. The number of rotatable bonds is 3. The molecule has 8 nitrogen and oxygen atoms in total. The topological polar surface area (TPSA) is 121 Å². The number of benzene rings is 1. The van der Waals surface area contributed by atoms with E-state index in [1.54, 1.807) is 19.2 Å². The van der Waals surface area contributed by atoms with Crippen molar-refractivity contribution in [3.63, 3.8) is 0 Å². The number of para-hydroxylation sites is 2. The molecular formula is C17H19N3O5. The van der Waals surface area contributed by atoms with Crippen LogP contribution in [0.1, 0.15) is 19.3 Å². The van der Waals surface area contributed by atoms with Crippen molar-refractivity contribution in [3.8, 4) is 5.75 Å². The molecule has 3 rings (SSSR count). The molecule has 0 spiro atoms. The molecule has 0 saturated heterocycles. The molecule has 25 heavy (non-hydrogen) atoms. The molecule has 0 bridgehead atoms. The largest absolute Gasteiger partial charge is 0.510 e. The number of hydrogen-bond donors (Lipinski definition) is 3. The second kappa shape index (κ2) is 7.02. The molecule has 132 valence electrons. The van der Waals surface area contributed by atoms with E-state index in [0.717, 1.165) is 6.42 Å². The average Bonchev–Trinajstić information content (AvgIpc) is 2.85. The zero-order valence-electron chi connectivity index (χ0n) is 13.7. The number of allylic oxidation sites excluding steroid dienone is 2. The van der Waals surface area contributed by atoms with Crippen LogP contribution in [0.5, 0.6) is 5.75 Å². The first-order valence-corrected chi connectivity index (χ1v) is 8.02. The number of nitrogens with one attached hydrogen (secondary N) is 1. The summed E-state index contributed by atoms with van der Waals surface area (Å²) in [5.41, 5.74) is 0.0122. The van der Waals surface area contributed by atoms with Crippen LogP contribution in [0.2, 0.25) is 0 Å². The van der Waals surface area contributed by atoms with Gasteiger partial charge < -0.3 is 20.3 Å². The van der Waals surface area contributed by atoms with Crippen molar-refractivity contribution in [2.45, 2.75) is 25.4 Å². The van der Waals surface area contributed by atoms with Gasteiger partial charge in [0.2, 0.25) is 0 Å². The predicted molar refractivity (Wildman–Crippen MR) is 88.3 cm³/mol. The molecule has 1 aromatic carbocycles. The van der Waals surface area contributed by atoms with E-state index < -0.39 is 6.03 Å². The van der Waals surface area contributed by atoms with Crippen molar-refractivity contribution in [1.29, 1.82) is 0 Å². The highest BCUT2D eigenvalue weighted by Crippen LogP contribution is 2.43. The minimum Gasteiger partial charge on any atom is -0.510 e. The molecule has 2 amide bonds. The Labute approximate surface area is 144 Å². The number of aliphatic hydroxyl groups excluding tert-OH is 1. The van der Waals surface area contributed by atoms with E-state index in [0.29, 0.717) is 12.8 Å². The van der Waals surface area contributed by atoms with Gasteiger partial charge in [-0.25, -0.2) is 4.79 Å². The van der Waals surface area contributed by atoms with Gasteiger partial charge in [0.1, 0.15) is 11.5 Å². The molecule has 2 aliphatic carbocycles. The van der Waals surface area contributed by atoms with Crippen molar-refractivity contribution in [2.24, 2.45) is 22.1 Å². The van der Waals surface area contributed by atoms with Crippen molar-refractivity contribution >= 4 is 17.5 Å². The number of amides is 2. The second-order valence-electron chi connectivity index (χ2n) is 6.13. The Morgan fingerprint density at radius 3 is 2.72 bits per heavy atom. The van der Waals surface area contributed by atoms with Crippen LogP contribution in [0, 0.1) is 11.8 Å². The fourth-order valence-electron chi connectivity index (χ4n) is 3.35. The van der Waals surface area contributed by atoms with E-state index in [1.807, 2.05) is 0 Å². The third-order valence-electron chi connectivity index (χ3n) is 4.69. The number of urea groups is 1. The smallest absolute Gasteiger partial charge is 0.364 e. The van der Waals surface area contributed by atoms with Gasteiger partial charge in [-0.05, 0) is 31.4 Å². The van der Waals surface area contributed by atoms with E-state index in [9.17, 15) is 19.8 Å². The second-order valence-corrected chi connectivity index (χ2v) is 6.13. The summed E-state index contributed by atoms with van der Waals surface area (Å²) in [4.78, 5) is 24.2. The summed E-state index contributed by atoms with van der Waals surface area (Å²) in [5.74, 6) is -1.20. The number of ketones is 1. The zero-order chi connectivity index (χ0) is 18.0. The minimum atomic E-state index is -0.848. The summed E-state index contributed by atoms with van der Waals surface area (Å²) in [6.07, 6.45) is 1.89. The fraction of sp³-hybridized carbons (Fsp3) is 0.412. The summed E-state index contributed by atoms with van der Waals surface area (Å²) in [5, 5.41) is 29.4. The lowest BCUT2D eigenvalue weighted by atomic mass is 9.79. The van der Waals surface area contributed by atoms with Crippen LogP contribution >= 0.6 is 0 Å². The molecule has 3 unspecified atom stereocenters. The van der Waals surface area contributed by atoms with Gasteiger partial charge in [0.15, 0.2) is 11.5 Å². The van der Waals surface area contributed by atoms with Crippen LogP contribution in [0.4, 0.5) is 10.5 Å². The summed E-state index contributed by atoms with van der Waals surface area (Å²) in [7, 11) is 1.60. The Morgan fingerprint density at radius 1 is 1.24 bits per heavy atom. The van der Waals surface area contributed by atoms with Gasteiger partial charge in [0.25, 0.3) is 0 Å². The maximum atomic E-state index is 12.4. The number of aromatic hydroxyl groups is 1. The molecular weight excluding hydrogens is 326 g/mol. The van der Waals surface area contributed by atoms with Gasteiger partial charge in [0, 0.05) is 18.9 Å². The molecule has 1 fully saturated rings. The first kappa shape index (κ1) is 17.1. The number of nitrogens with zero attached hydrogens (tertiary/aromatic N) is 2. The number of Topliss-reactive ketones (excluding diaryl/α,β-unsaturated/α-hetero) is 1. The van der Waals surface area contributed by atoms with Crippen molar-refractivity contribution in [2.75, 3.05) is 12.4 Å². The quantitative estimate of drug-likeness (QED) is 0.574.